The monoisotopic (exact) mass is 265 g/mol. The van der Waals surface area contributed by atoms with E-state index in [0.717, 1.165) is 36.1 Å². The van der Waals surface area contributed by atoms with Crippen molar-refractivity contribution in [1.29, 1.82) is 5.26 Å². The lowest BCUT2D eigenvalue weighted by Gasteiger charge is -2.24. The summed E-state index contributed by atoms with van der Waals surface area (Å²) in [4.78, 5) is 7.53. The first-order valence-electron chi connectivity index (χ1n) is 6.88. The van der Waals surface area contributed by atoms with Crippen molar-refractivity contribution >= 4 is 5.82 Å². The van der Waals surface area contributed by atoms with Gasteiger partial charge in [-0.15, -0.1) is 0 Å². The molecule has 1 aliphatic rings. The van der Waals surface area contributed by atoms with Crippen LogP contribution in [0.2, 0.25) is 0 Å². The molecule has 20 heavy (non-hydrogen) atoms. The summed E-state index contributed by atoms with van der Waals surface area (Å²) in [6, 6.07) is 6.17. The van der Waals surface area contributed by atoms with Gasteiger partial charge in [-0.3, -0.25) is 0 Å². The van der Waals surface area contributed by atoms with Gasteiger partial charge in [0.15, 0.2) is 12.4 Å². The molecule has 0 saturated carbocycles. The summed E-state index contributed by atoms with van der Waals surface area (Å²) in [5.41, 5.74) is 10.7. The van der Waals surface area contributed by atoms with Gasteiger partial charge in [0, 0.05) is 22.9 Å². The summed E-state index contributed by atoms with van der Waals surface area (Å²) in [5.74, 6) is 0.963. The number of aryl methyl sites for hydroxylation is 1. The van der Waals surface area contributed by atoms with E-state index in [1.54, 1.807) is 0 Å². The zero-order valence-corrected chi connectivity index (χ0v) is 11.5. The predicted molar refractivity (Wildman–Crippen MR) is 76.5 cm³/mol. The highest BCUT2D eigenvalue weighted by Crippen LogP contribution is 2.36. The Labute approximate surface area is 118 Å². The summed E-state index contributed by atoms with van der Waals surface area (Å²) in [6.45, 7) is 2.24. The van der Waals surface area contributed by atoms with E-state index in [0.29, 0.717) is 17.3 Å². The number of nitrogens with zero attached hydrogens (tertiary/aromatic N) is 2. The summed E-state index contributed by atoms with van der Waals surface area (Å²) in [7, 11) is 0. The fourth-order valence-electron chi connectivity index (χ4n) is 2.93. The largest absolute Gasteiger partial charge is 0.383 e. The molecule has 4 heteroatoms. The molecule has 0 spiro atoms. The average molecular weight is 265 g/mol. The van der Waals surface area contributed by atoms with Crippen LogP contribution in [0.3, 0.4) is 0 Å². The van der Waals surface area contributed by atoms with Gasteiger partial charge in [-0.05, 0) is 36.8 Å². The average Bonchev–Trinajstić information content (AvgIpc) is 2.47. The van der Waals surface area contributed by atoms with Gasteiger partial charge in [0.2, 0.25) is 0 Å². The van der Waals surface area contributed by atoms with E-state index in [9.17, 15) is 5.26 Å². The van der Waals surface area contributed by atoms with Crippen molar-refractivity contribution in [3.63, 3.8) is 0 Å². The Balaban J connectivity index is 2.30. The van der Waals surface area contributed by atoms with E-state index < -0.39 is 0 Å². The molecule has 0 unspecified atom stereocenters. The van der Waals surface area contributed by atoms with Gasteiger partial charge in [-0.2, -0.15) is 5.26 Å². The van der Waals surface area contributed by atoms with Gasteiger partial charge in [-0.1, -0.05) is 6.92 Å². The minimum atomic E-state index is 0.347. The number of anilines is 1. The highest BCUT2D eigenvalue weighted by atomic mass is 14.9. The maximum absolute atomic E-state index is 9.45. The second-order valence-corrected chi connectivity index (χ2v) is 5.42. The highest BCUT2D eigenvalue weighted by Gasteiger charge is 2.25. The third kappa shape index (κ3) is 2.01. The Hall–Kier alpha value is -2.41. The van der Waals surface area contributed by atoms with Gasteiger partial charge >= 0.3 is 0 Å². The molecule has 2 aromatic heterocycles. The van der Waals surface area contributed by atoms with Crippen molar-refractivity contribution in [2.75, 3.05) is 5.73 Å². The van der Waals surface area contributed by atoms with Gasteiger partial charge in [0.05, 0.1) is 0 Å². The molecule has 2 aromatic rings. The van der Waals surface area contributed by atoms with E-state index in [2.05, 4.69) is 23.0 Å². The molecule has 0 radical (unpaired) electrons. The first-order valence-corrected chi connectivity index (χ1v) is 6.88. The van der Waals surface area contributed by atoms with Crippen molar-refractivity contribution in [3.05, 3.63) is 41.3 Å². The zero-order valence-electron chi connectivity index (χ0n) is 11.5. The molecular weight excluding hydrogens is 248 g/mol. The first-order chi connectivity index (χ1) is 9.70. The minimum Gasteiger partial charge on any atom is -0.383 e. The molecule has 0 fully saturated rings. The number of nitriles is 1. The van der Waals surface area contributed by atoms with Crippen LogP contribution in [-0.2, 0) is 12.8 Å². The topological polar surface area (TPSA) is 76.8 Å². The van der Waals surface area contributed by atoms with Crippen molar-refractivity contribution in [2.45, 2.75) is 26.2 Å². The number of fused-ring (bicyclic) bond motifs is 1. The number of H-pyrrole nitrogens is 1. The summed E-state index contributed by atoms with van der Waals surface area (Å²) in [5, 5.41) is 9.45. The second kappa shape index (κ2) is 4.93. The minimum absolute atomic E-state index is 0.347. The van der Waals surface area contributed by atoms with Crippen molar-refractivity contribution in [1.82, 2.24) is 4.98 Å². The van der Waals surface area contributed by atoms with Crippen LogP contribution < -0.4 is 10.7 Å². The Morgan fingerprint density at radius 3 is 3.05 bits per heavy atom. The summed E-state index contributed by atoms with van der Waals surface area (Å²) < 4.78 is 0. The zero-order chi connectivity index (χ0) is 14.1. The maximum Gasteiger partial charge on any atom is 0.174 e. The van der Waals surface area contributed by atoms with Crippen LogP contribution in [0.15, 0.2) is 24.5 Å². The van der Waals surface area contributed by atoms with E-state index >= 15 is 0 Å². The van der Waals surface area contributed by atoms with Crippen LogP contribution in [0, 0.1) is 17.2 Å². The van der Waals surface area contributed by atoms with Crippen molar-refractivity contribution in [2.24, 2.45) is 5.92 Å². The molecular formula is C16H17N4+. The SMILES string of the molecule is C[C@H]1CCc2nc(N)c(C#N)c(-c3ccc[nH+]c3)c2C1. The fraction of sp³-hybridized carbons (Fsp3) is 0.312. The van der Waals surface area contributed by atoms with Crippen LogP contribution in [0.4, 0.5) is 5.82 Å². The number of rotatable bonds is 1. The molecule has 2 heterocycles. The Kier molecular flexibility index (Phi) is 3.11. The highest BCUT2D eigenvalue weighted by molar-refractivity contribution is 5.78. The molecule has 0 amide bonds. The lowest BCUT2D eigenvalue weighted by Crippen LogP contribution is -2.17. The fourth-order valence-corrected chi connectivity index (χ4v) is 2.93. The lowest BCUT2D eigenvalue weighted by atomic mass is 9.82. The standard InChI is InChI=1S/C16H16N4/c1-10-4-5-14-12(7-10)15(11-3-2-6-19-9-11)13(8-17)16(18)20-14/h2-3,6,9-10H,4-5,7H2,1H3,(H2,18,20)/p+1/t10-/m0/s1. The second-order valence-electron chi connectivity index (χ2n) is 5.42. The number of hydrogen-bond donors (Lipinski definition) is 1. The van der Waals surface area contributed by atoms with Crippen LogP contribution in [0.1, 0.15) is 30.2 Å². The molecule has 0 saturated heterocycles. The van der Waals surface area contributed by atoms with Crippen LogP contribution >= 0.6 is 0 Å². The Morgan fingerprint density at radius 1 is 1.50 bits per heavy atom. The number of nitrogen functional groups attached to an aromatic ring is 1. The van der Waals surface area contributed by atoms with Gasteiger partial charge in [-0.25, -0.2) is 9.97 Å². The Bertz CT molecular complexity index is 686. The smallest absolute Gasteiger partial charge is 0.174 e. The molecule has 4 nitrogen and oxygen atoms in total. The quantitative estimate of drug-likeness (QED) is 0.858. The van der Waals surface area contributed by atoms with Crippen LogP contribution in [0.5, 0.6) is 0 Å². The molecule has 0 bridgehead atoms. The van der Waals surface area contributed by atoms with Gasteiger partial charge in [0.1, 0.15) is 17.5 Å². The van der Waals surface area contributed by atoms with E-state index in [4.69, 9.17) is 5.73 Å². The third-order valence-electron chi connectivity index (χ3n) is 3.95. The number of nitrogens with one attached hydrogen (secondary N) is 1. The molecule has 3 N–H and O–H groups in total. The van der Waals surface area contributed by atoms with Crippen molar-refractivity contribution in [3.8, 4) is 17.2 Å². The maximum atomic E-state index is 9.45. The number of pyridine rings is 2. The lowest BCUT2D eigenvalue weighted by molar-refractivity contribution is -0.377. The predicted octanol–water partition coefficient (Wildman–Crippen LogP) is 2.14. The number of aromatic nitrogens is 2. The molecule has 3 rings (SSSR count). The van der Waals surface area contributed by atoms with E-state index in [1.807, 2.05) is 24.5 Å². The Morgan fingerprint density at radius 2 is 2.35 bits per heavy atom. The third-order valence-corrected chi connectivity index (χ3v) is 3.95. The van der Waals surface area contributed by atoms with Crippen LogP contribution in [-0.4, -0.2) is 4.98 Å². The summed E-state index contributed by atoms with van der Waals surface area (Å²) >= 11 is 0. The van der Waals surface area contributed by atoms with Crippen molar-refractivity contribution < 1.29 is 4.98 Å². The molecule has 100 valence electrons. The van der Waals surface area contributed by atoms with Gasteiger partial charge < -0.3 is 5.73 Å². The number of aromatic amines is 1. The molecule has 1 atom stereocenters. The molecule has 0 aliphatic heterocycles. The number of nitrogens with two attached hydrogens (primary N) is 1. The van der Waals surface area contributed by atoms with Gasteiger partial charge in [0.25, 0.3) is 0 Å². The summed E-state index contributed by atoms with van der Waals surface area (Å²) in [6.07, 6.45) is 6.80. The molecule has 0 aromatic carbocycles. The molecule has 1 aliphatic carbocycles. The number of hydrogen-bond acceptors (Lipinski definition) is 3. The normalized spacial score (nSPS) is 17.3. The van der Waals surface area contributed by atoms with E-state index in [1.165, 1.54) is 5.56 Å². The van der Waals surface area contributed by atoms with Crippen LogP contribution in [0.25, 0.3) is 11.1 Å². The first kappa shape index (κ1) is 12.6. The van der Waals surface area contributed by atoms with E-state index in [-0.39, 0.29) is 0 Å².